The van der Waals surface area contributed by atoms with Crippen LogP contribution in [0.25, 0.3) is 10.1 Å². The summed E-state index contributed by atoms with van der Waals surface area (Å²) < 4.78 is 0.736. The molecular weight excluding hydrogens is 369 g/mol. The second-order valence-corrected chi connectivity index (χ2v) is 7.35. The molecule has 0 saturated carbocycles. The summed E-state index contributed by atoms with van der Waals surface area (Å²) in [7, 11) is 0. The maximum Gasteiger partial charge on any atom is 0.308 e. The lowest BCUT2D eigenvalue weighted by atomic mass is 10.1. The Labute approximate surface area is 145 Å². The normalized spacial score (nSPS) is 18.1. The largest absolute Gasteiger partial charge is 0.481 e. The zero-order chi connectivity index (χ0) is 16.0. The quantitative estimate of drug-likeness (QED) is 0.842. The first kappa shape index (κ1) is 15.9. The number of carbonyl (C=O) groups is 2. The molecule has 1 aliphatic rings. The number of nitrogens with zero attached hydrogens (tertiary/aromatic N) is 1. The van der Waals surface area contributed by atoms with E-state index in [2.05, 4.69) is 0 Å². The van der Waals surface area contributed by atoms with Crippen LogP contribution in [-0.4, -0.2) is 35.0 Å². The molecule has 2 heterocycles. The first-order valence-corrected chi connectivity index (χ1v) is 8.42. The third kappa shape index (κ3) is 2.67. The van der Waals surface area contributed by atoms with Gasteiger partial charge in [0.25, 0.3) is 5.91 Å². The molecule has 0 aliphatic carbocycles. The van der Waals surface area contributed by atoms with Crippen LogP contribution >= 0.6 is 46.1 Å². The molecule has 0 spiro atoms. The summed E-state index contributed by atoms with van der Waals surface area (Å²) in [4.78, 5) is 25.5. The van der Waals surface area contributed by atoms with Crippen molar-refractivity contribution in [3.8, 4) is 0 Å². The Balaban J connectivity index is 1.97. The first-order valence-electron chi connectivity index (χ1n) is 6.47. The van der Waals surface area contributed by atoms with Gasteiger partial charge < -0.3 is 10.0 Å². The van der Waals surface area contributed by atoms with Gasteiger partial charge in [-0.1, -0.05) is 34.8 Å². The van der Waals surface area contributed by atoms with Crippen LogP contribution in [0.4, 0.5) is 0 Å². The number of hydrogen-bond donors (Lipinski definition) is 1. The van der Waals surface area contributed by atoms with Crippen molar-refractivity contribution in [1.29, 1.82) is 0 Å². The lowest BCUT2D eigenvalue weighted by Gasteiger charge is -2.14. The number of carboxylic acid groups (broad SMARTS) is 1. The van der Waals surface area contributed by atoms with Crippen molar-refractivity contribution < 1.29 is 14.7 Å². The van der Waals surface area contributed by atoms with Crippen molar-refractivity contribution in [2.24, 2.45) is 5.92 Å². The SMILES string of the molecule is O=C(O)[C@@H]1CCN(C(=O)c2sc3cc(Cl)cc(Cl)c3c2Cl)C1. The number of likely N-dealkylation sites (tertiary alicyclic amines) is 1. The standard InChI is InChI=1S/C14H10Cl3NO3S/c15-7-3-8(16)10-9(4-7)22-12(11(10)17)13(19)18-2-1-6(5-18)14(20)21/h3-4,6H,1-2,5H2,(H,20,21)/t6-/m1/s1. The zero-order valence-corrected chi connectivity index (χ0v) is 14.2. The first-order chi connectivity index (χ1) is 10.4. The van der Waals surface area contributed by atoms with Crippen LogP contribution in [0.5, 0.6) is 0 Å². The van der Waals surface area contributed by atoms with Gasteiger partial charge in [0, 0.05) is 28.2 Å². The fourth-order valence-electron chi connectivity index (χ4n) is 2.54. The number of thiophene rings is 1. The number of rotatable bonds is 2. The molecule has 1 fully saturated rings. The monoisotopic (exact) mass is 377 g/mol. The van der Waals surface area contributed by atoms with Crippen molar-refractivity contribution in [2.45, 2.75) is 6.42 Å². The van der Waals surface area contributed by atoms with E-state index in [1.807, 2.05) is 0 Å². The van der Waals surface area contributed by atoms with Crippen molar-refractivity contribution in [3.05, 3.63) is 32.1 Å². The Bertz CT molecular complexity index is 789. The van der Waals surface area contributed by atoms with Gasteiger partial charge in [-0.05, 0) is 18.6 Å². The van der Waals surface area contributed by atoms with Crippen molar-refractivity contribution in [3.63, 3.8) is 0 Å². The second kappa shape index (κ2) is 5.89. The molecule has 8 heteroatoms. The molecule has 1 atom stereocenters. The van der Waals surface area contributed by atoms with E-state index < -0.39 is 11.9 Å². The predicted octanol–water partition coefficient (Wildman–Crippen LogP) is 4.41. The molecular formula is C14H10Cl3NO3S. The smallest absolute Gasteiger partial charge is 0.308 e. The highest BCUT2D eigenvalue weighted by Crippen LogP contribution is 2.42. The van der Waals surface area contributed by atoms with Crippen molar-refractivity contribution in [1.82, 2.24) is 4.90 Å². The topological polar surface area (TPSA) is 57.6 Å². The van der Waals surface area contributed by atoms with Crippen LogP contribution in [0, 0.1) is 5.92 Å². The molecule has 2 aromatic rings. The fraction of sp³-hybridized carbons (Fsp3) is 0.286. The highest BCUT2D eigenvalue weighted by atomic mass is 35.5. The number of hydrogen-bond acceptors (Lipinski definition) is 3. The number of aliphatic carboxylic acids is 1. The van der Waals surface area contributed by atoms with Crippen LogP contribution < -0.4 is 0 Å². The molecule has 0 unspecified atom stereocenters. The van der Waals surface area contributed by atoms with Gasteiger partial charge in [0.2, 0.25) is 0 Å². The van der Waals surface area contributed by atoms with E-state index in [1.54, 1.807) is 12.1 Å². The van der Waals surface area contributed by atoms with Gasteiger partial charge in [-0.25, -0.2) is 0 Å². The number of fused-ring (bicyclic) bond motifs is 1. The number of halogens is 3. The van der Waals surface area contributed by atoms with E-state index in [-0.39, 0.29) is 12.5 Å². The van der Waals surface area contributed by atoms with Gasteiger partial charge in [0.05, 0.1) is 16.0 Å². The molecule has 1 saturated heterocycles. The third-order valence-corrected chi connectivity index (χ3v) is 5.80. The van der Waals surface area contributed by atoms with Crippen LogP contribution in [0.1, 0.15) is 16.1 Å². The molecule has 1 aliphatic heterocycles. The number of amides is 1. The zero-order valence-electron chi connectivity index (χ0n) is 11.1. The highest BCUT2D eigenvalue weighted by Gasteiger charge is 2.33. The average molecular weight is 379 g/mol. The number of benzene rings is 1. The van der Waals surface area contributed by atoms with Gasteiger partial charge in [-0.2, -0.15) is 0 Å². The van der Waals surface area contributed by atoms with E-state index in [4.69, 9.17) is 39.9 Å². The van der Waals surface area contributed by atoms with E-state index in [1.165, 1.54) is 16.2 Å². The Kier molecular flexibility index (Phi) is 4.25. The summed E-state index contributed by atoms with van der Waals surface area (Å²) in [5, 5.41) is 10.8. The van der Waals surface area contributed by atoms with E-state index >= 15 is 0 Å². The minimum Gasteiger partial charge on any atom is -0.481 e. The molecule has 3 rings (SSSR count). The van der Waals surface area contributed by atoms with E-state index in [0.717, 1.165) is 4.70 Å². The fourth-order valence-corrected chi connectivity index (χ4v) is 4.88. The molecule has 0 bridgehead atoms. The lowest BCUT2D eigenvalue weighted by molar-refractivity contribution is -0.141. The number of carboxylic acids is 1. The summed E-state index contributed by atoms with van der Waals surface area (Å²) in [5.74, 6) is -1.66. The maximum atomic E-state index is 12.6. The predicted molar refractivity (Wildman–Crippen MR) is 88.5 cm³/mol. The molecule has 4 nitrogen and oxygen atoms in total. The Morgan fingerprint density at radius 3 is 2.64 bits per heavy atom. The van der Waals surface area contributed by atoms with Crippen LogP contribution in [0.15, 0.2) is 12.1 Å². The molecule has 1 aromatic heterocycles. The maximum absolute atomic E-state index is 12.6. The molecule has 1 aromatic carbocycles. The summed E-state index contributed by atoms with van der Waals surface area (Å²) in [6, 6.07) is 3.29. The molecule has 22 heavy (non-hydrogen) atoms. The van der Waals surface area contributed by atoms with Gasteiger partial charge in [0.1, 0.15) is 4.88 Å². The van der Waals surface area contributed by atoms with Gasteiger partial charge >= 0.3 is 5.97 Å². The Morgan fingerprint density at radius 2 is 2.00 bits per heavy atom. The molecule has 116 valence electrons. The number of carbonyl (C=O) groups excluding carboxylic acids is 1. The second-order valence-electron chi connectivity index (χ2n) is 5.08. The third-order valence-electron chi connectivity index (χ3n) is 3.67. The summed E-state index contributed by atoms with van der Waals surface area (Å²) in [6.45, 7) is 0.613. The molecule has 1 amide bonds. The van der Waals surface area contributed by atoms with Crippen molar-refractivity contribution >= 4 is 68.1 Å². The van der Waals surface area contributed by atoms with Crippen LogP contribution in [0.2, 0.25) is 15.1 Å². The molecule has 1 N–H and O–H groups in total. The van der Waals surface area contributed by atoms with E-state index in [9.17, 15) is 9.59 Å². The average Bonchev–Trinajstić information content (AvgIpc) is 3.03. The minimum absolute atomic E-state index is 0.202. The Hall–Kier alpha value is -1.01. The molecule has 0 radical (unpaired) electrons. The van der Waals surface area contributed by atoms with Gasteiger partial charge in [0.15, 0.2) is 0 Å². The van der Waals surface area contributed by atoms with Crippen LogP contribution in [0.3, 0.4) is 0 Å². The van der Waals surface area contributed by atoms with Gasteiger partial charge in [-0.3, -0.25) is 9.59 Å². The summed E-state index contributed by atoms with van der Waals surface area (Å²) in [6.07, 6.45) is 0.455. The summed E-state index contributed by atoms with van der Waals surface area (Å²) >= 11 is 19.6. The lowest BCUT2D eigenvalue weighted by Crippen LogP contribution is -2.29. The summed E-state index contributed by atoms with van der Waals surface area (Å²) in [5.41, 5.74) is 0. The van der Waals surface area contributed by atoms with E-state index in [0.29, 0.717) is 38.3 Å². The van der Waals surface area contributed by atoms with Crippen LogP contribution in [-0.2, 0) is 4.79 Å². The Morgan fingerprint density at radius 1 is 1.27 bits per heavy atom. The minimum atomic E-state index is -0.882. The van der Waals surface area contributed by atoms with Gasteiger partial charge in [-0.15, -0.1) is 11.3 Å². The highest BCUT2D eigenvalue weighted by molar-refractivity contribution is 7.21. The van der Waals surface area contributed by atoms with Crippen molar-refractivity contribution in [2.75, 3.05) is 13.1 Å².